The summed E-state index contributed by atoms with van der Waals surface area (Å²) in [6, 6.07) is 9.10. The molecule has 1 aliphatic carbocycles. The minimum absolute atomic E-state index is 0.410. The predicted octanol–water partition coefficient (Wildman–Crippen LogP) is 4.33. The third-order valence-electron chi connectivity index (χ3n) is 8.11. The predicted molar refractivity (Wildman–Crippen MR) is 151 cm³/mol. The van der Waals surface area contributed by atoms with Gasteiger partial charge in [0.2, 0.25) is 0 Å². The van der Waals surface area contributed by atoms with Crippen LogP contribution in [0.2, 0.25) is 5.02 Å². The van der Waals surface area contributed by atoms with Crippen molar-refractivity contribution in [3.63, 3.8) is 0 Å². The van der Waals surface area contributed by atoms with Gasteiger partial charge in [-0.05, 0) is 55.9 Å². The highest BCUT2D eigenvalue weighted by Gasteiger charge is 2.27. The van der Waals surface area contributed by atoms with E-state index in [0.29, 0.717) is 11.1 Å². The van der Waals surface area contributed by atoms with Crippen LogP contribution in [0.1, 0.15) is 25.7 Å². The summed E-state index contributed by atoms with van der Waals surface area (Å²) in [6.07, 6.45) is 6.82. The van der Waals surface area contributed by atoms with E-state index in [-0.39, 0.29) is 0 Å². The van der Waals surface area contributed by atoms with E-state index in [1.54, 1.807) is 13.3 Å². The summed E-state index contributed by atoms with van der Waals surface area (Å²) in [5.74, 6) is 1.77. The number of aromatic amines is 1. The Morgan fingerprint density at radius 3 is 2.46 bits per heavy atom. The first-order valence-electron chi connectivity index (χ1n) is 13.8. The minimum atomic E-state index is 0.410. The van der Waals surface area contributed by atoms with Crippen molar-refractivity contribution in [2.45, 2.75) is 31.7 Å². The number of rotatable bonds is 9. The molecule has 4 heterocycles. The van der Waals surface area contributed by atoms with Gasteiger partial charge in [0.15, 0.2) is 5.65 Å². The van der Waals surface area contributed by atoms with Gasteiger partial charge in [-0.2, -0.15) is 0 Å². The molecular formula is C28H38ClN7O. The number of likely N-dealkylation sites (tertiary alicyclic amines) is 1. The van der Waals surface area contributed by atoms with Gasteiger partial charge in [-0.3, -0.25) is 4.90 Å². The number of nitrogens with zero attached hydrogens (tertiary/aromatic N) is 5. The molecule has 8 nitrogen and oxygen atoms in total. The van der Waals surface area contributed by atoms with Crippen LogP contribution < -0.4 is 10.2 Å². The Kier molecular flexibility index (Phi) is 7.51. The van der Waals surface area contributed by atoms with Crippen molar-refractivity contribution >= 4 is 34.1 Å². The maximum atomic E-state index is 6.62. The average Bonchev–Trinajstić information content (AvgIpc) is 3.65. The van der Waals surface area contributed by atoms with Gasteiger partial charge in [-0.15, -0.1) is 0 Å². The summed E-state index contributed by atoms with van der Waals surface area (Å²) in [7, 11) is 1.77. The Labute approximate surface area is 224 Å². The molecule has 3 aromatic rings. The highest BCUT2D eigenvalue weighted by Crippen LogP contribution is 2.34. The van der Waals surface area contributed by atoms with Crippen molar-refractivity contribution in [2.75, 3.05) is 76.3 Å². The van der Waals surface area contributed by atoms with E-state index in [4.69, 9.17) is 21.3 Å². The minimum Gasteiger partial charge on any atom is -0.383 e. The molecule has 9 heteroatoms. The lowest BCUT2D eigenvalue weighted by Crippen LogP contribution is -2.47. The van der Waals surface area contributed by atoms with Crippen molar-refractivity contribution in [3.8, 4) is 11.4 Å². The fourth-order valence-electron chi connectivity index (χ4n) is 5.61. The molecular weight excluding hydrogens is 486 g/mol. The van der Waals surface area contributed by atoms with Crippen molar-refractivity contribution in [3.05, 3.63) is 35.5 Å². The summed E-state index contributed by atoms with van der Waals surface area (Å²) in [5, 5.41) is 4.35. The Bertz CT molecular complexity index is 1180. The molecule has 1 saturated carbocycles. The highest BCUT2D eigenvalue weighted by molar-refractivity contribution is 6.34. The summed E-state index contributed by atoms with van der Waals surface area (Å²) in [4.78, 5) is 20.4. The molecule has 0 bridgehead atoms. The number of anilines is 2. The average molecular weight is 524 g/mol. The van der Waals surface area contributed by atoms with Crippen LogP contribution in [0.4, 0.5) is 11.4 Å². The Hall–Kier alpha value is -2.39. The fraction of sp³-hybridized carbons (Fsp3) is 0.571. The van der Waals surface area contributed by atoms with Crippen LogP contribution in [0.3, 0.4) is 0 Å². The number of hydrogen-bond acceptors (Lipinski definition) is 7. The van der Waals surface area contributed by atoms with Gasteiger partial charge in [0, 0.05) is 76.8 Å². The molecule has 0 amide bonds. The molecule has 1 aromatic carbocycles. The van der Waals surface area contributed by atoms with Crippen LogP contribution in [0.15, 0.2) is 30.5 Å². The number of H-pyrrole nitrogens is 1. The lowest BCUT2D eigenvalue weighted by atomic mass is 10.0. The molecule has 2 aliphatic heterocycles. The van der Waals surface area contributed by atoms with Crippen LogP contribution in [0.25, 0.3) is 22.6 Å². The second kappa shape index (κ2) is 11.2. The number of benzene rings is 1. The van der Waals surface area contributed by atoms with Crippen LogP contribution in [0, 0.1) is 5.92 Å². The zero-order valence-corrected chi connectivity index (χ0v) is 22.5. The number of piperidine rings is 1. The number of halogens is 1. The van der Waals surface area contributed by atoms with Crippen molar-refractivity contribution in [1.29, 1.82) is 0 Å². The molecule has 37 heavy (non-hydrogen) atoms. The topological polar surface area (TPSA) is 72.6 Å². The molecule has 6 rings (SSSR count). The zero-order chi connectivity index (χ0) is 25.2. The van der Waals surface area contributed by atoms with E-state index < -0.39 is 0 Å². The lowest BCUT2D eigenvalue weighted by Gasteiger charge is -2.36. The van der Waals surface area contributed by atoms with Crippen molar-refractivity contribution < 1.29 is 4.74 Å². The fourth-order valence-corrected chi connectivity index (χ4v) is 5.81. The summed E-state index contributed by atoms with van der Waals surface area (Å²) in [6.45, 7) is 9.58. The van der Waals surface area contributed by atoms with Gasteiger partial charge in [-0.1, -0.05) is 11.6 Å². The van der Waals surface area contributed by atoms with Crippen LogP contribution in [0.5, 0.6) is 0 Å². The van der Waals surface area contributed by atoms with E-state index in [1.165, 1.54) is 25.1 Å². The van der Waals surface area contributed by atoms with E-state index >= 15 is 0 Å². The van der Waals surface area contributed by atoms with Gasteiger partial charge in [-0.25, -0.2) is 9.97 Å². The first-order valence-corrected chi connectivity index (χ1v) is 14.1. The monoisotopic (exact) mass is 523 g/mol. The van der Waals surface area contributed by atoms with Gasteiger partial charge in [0.05, 0.1) is 23.5 Å². The zero-order valence-electron chi connectivity index (χ0n) is 21.8. The molecule has 198 valence electrons. The molecule has 0 unspecified atom stereocenters. The molecule has 3 aliphatic rings. The smallest absolute Gasteiger partial charge is 0.159 e. The molecule has 0 atom stereocenters. The molecule has 3 fully saturated rings. The van der Waals surface area contributed by atoms with Crippen LogP contribution >= 0.6 is 11.6 Å². The van der Waals surface area contributed by atoms with Gasteiger partial charge >= 0.3 is 0 Å². The molecule has 0 spiro atoms. The van der Waals surface area contributed by atoms with E-state index in [1.807, 2.05) is 0 Å². The standard InChI is InChI=1S/C28H38ClN7O/c1-37-17-16-34-12-14-36(15-13-34)23-6-4-21(5-7-23)27-32-26-25(24(29)18-30-28(26)33-27)31-22-8-10-35(11-9-22)19-20-2-3-20/h4-7,18,20,22H,2-3,8-17,19H2,1H3,(H2,30,31,32,33). The molecule has 2 aromatic heterocycles. The number of pyridine rings is 1. The number of ether oxygens (including phenoxy) is 1. The number of imidazole rings is 1. The molecule has 0 radical (unpaired) electrons. The van der Waals surface area contributed by atoms with Crippen LogP contribution in [-0.2, 0) is 4.74 Å². The third kappa shape index (κ3) is 5.87. The second-order valence-electron chi connectivity index (χ2n) is 10.8. The summed E-state index contributed by atoms with van der Waals surface area (Å²) >= 11 is 6.62. The quantitative estimate of drug-likeness (QED) is 0.432. The number of piperazine rings is 1. The number of hydrogen-bond donors (Lipinski definition) is 2. The Morgan fingerprint density at radius 1 is 1.00 bits per heavy atom. The van der Waals surface area contributed by atoms with Crippen molar-refractivity contribution in [2.24, 2.45) is 5.92 Å². The Morgan fingerprint density at radius 2 is 1.76 bits per heavy atom. The number of nitrogens with one attached hydrogen (secondary N) is 2. The number of fused-ring (bicyclic) bond motifs is 1. The van der Waals surface area contributed by atoms with Gasteiger partial charge < -0.3 is 24.8 Å². The lowest BCUT2D eigenvalue weighted by molar-refractivity contribution is 0.144. The highest BCUT2D eigenvalue weighted by atomic mass is 35.5. The number of aromatic nitrogens is 3. The number of methoxy groups -OCH3 is 1. The first kappa shape index (κ1) is 24.9. The molecule has 2 saturated heterocycles. The third-order valence-corrected chi connectivity index (χ3v) is 8.39. The van der Waals surface area contributed by atoms with Crippen molar-refractivity contribution in [1.82, 2.24) is 24.8 Å². The van der Waals surface area contributed by atoms with Crippen LogP contribution in [-0.4, -0.2) is 96.9 Å². The summed E-state index contributed by atoms with van der Waals surface area (Å²) < 4.78 is 5.22. The van der Waals surface area contributed by atoms with E-state index in [2.05, 4.69) is 54.2 Å². The van der Waals surface area contributed by atoms with E-state index in [0.717, 1.165) is 99.4 Å². The second-order valence-corrected chi connectivity index (χ2v) is 11.2. The maximum absolute atomic E-state index is 6.62. The maximum Gasteiger partial charge on any atom is 0.159 e. The normalized spacial score (nSPS) is 20.1. The molecule has 2 N–H and O–H groups in total. The first-order chi connectivity index (χ1) is 18.2. The largest absolute Gasteiger partial charge is 0.383 e. The van der Waals surface area contributed by atoms with Gasteiger partial charge in [0.1, 0.15) is 11.3 Å². The summed E-state index contributed by atoms with van der Waals surface area (Å²) in [5.41, 5.74) is 4.79. The van der Waals surface area contributed by atoms with Gasteiger partial charge in [0.25, 0.3) is 0 Å². The Balaban J connectivity index is 1.12. The van der Waals surface area contributed by atoms with E-state index in [9.17, 15) is 0 Å². The SMILES string of the molecule is COCCN1CCN(c2ccc(-c3nc4c(NC5CCN(CC6CC6)CC5)c(Cl)cnc4[nH]3)cc2)CC1.